The average Bonchev–Trinajstić information content (AvgIpc) is 4.14. The lowest BCUT2D eigenvalue weighted by Gasteiger charge is -2.22. The molecule has 0 spiro atoms. The van der Waals surface area contributed by atoms with Gasteiger partial charge in [-0.05, 0) is 55.3 Å². The number of ether oxygens (including phenoxy) is 7. The van der Waals surface area contributed by atoms with Crippen molar-refractivity contribution in [1.82, 2.24) is 9.13 Å². The lowest BCUT2D eigenvalue weighted by molar-refractivity contribution is 0.00205. The molecule has 4 aliphatic rings. The van der Waals surface area contributed by atoms with Crippen LogP contribution in [0.1, 0.15) is 45.7 Å². The molecular weight excluding hydrogens is 853 g/mol. The molecule has 2 aromatic heterocycles. The van der Waals surface area contributed by atoms with Crippen molar-refractivity contribution in [3.05, 3.63) is 164 Å². The Labute approximate surface area is 378 Å². The molecule has 16 heteroatoms. The molecule has 0 radical (unpaired) electrons. The van der Waals surface area contributed by atoms with Crippen molar-refractivity contribution in [2.24, 2.45) is 0 Å². The van der Waals surface area contributed by atoms with E-state index in [1.54, 1.807) is 48.9 Å². The zero-order valence-corrected chi connectivity index (χ0v) is 36.3. The van der Waals surface area contributed by atoms with Gasteiger partial charge >= 0.3 is 11.9 Å². The van der Waals surface area contributed by atoms with Crippen LogP contribution in [-0.2, 0) is 41.5 Å². The van der Waals surface area contributed by atoms with E-state index < -0.39 is 41.4 Å². The van der Waals surface area contributed by atoms with Crippen LogP contribution in [-0.4, -0.2) is 112 Å². The summed E-state index contributed by atoms with van der Waals surface area (Å²) < 4.78 is 41.0. The number of esters is 2. The van der Waals surface area contributed by atoms with Gasteiger partial charge in [-0.3, -0.25) is 9.59 Å². The Hall–Kier alpha value is -6.82. The van der Waals surface area contributed by atoms with Gasteiger partial charge in [0.2, 0.25) is 0 Å². The number of hydrogen-bond donors (Lipinski definition) is 3. The predicted molar refractivity (Wildman–Crippen MR) is 241 cm³/mol. The van der Waals surface area contributed by atoms with Crippen molar-refractivity contribution in [2.75, 3.05) is 33.0 Å². The number of aliphatic hydroxyl groups is 2. The molecule has 0 amide bonds. The SMILES string of the molecule is CCOC(=O)c1c(O)c2ccccc2n(Cc2ccccc2)c1=O.CCOC(=O)c1c(OC2CO[C@@H]3C=CO[C@H]23)c2ccccc2n(Cc2ccccc2)c1=O.OC1CO[C@H]2[C@@H]1OC[C@@H]2O. The van der Waals surface area contributed by atoms with Crippen LogP contribution in [0.2, 0.25) is 0 Å². The van der Waals surface area contributed by atoms with Crippen LogP contribution in [0, 0.1) is 0 Å². The Morgan fingerprint density at radius 1 is 0.621 bits per heavy atom. The second kappa shape index (κ2) is 20.6. The lowest BCUT2D eigenvalue weighted by atomic mass is 10.1. The molecule has 4 aliphatic heterocycles. The number of aromatic hydroxyl groups is 1. The normalized spacial score (nSPS) is 22.3. The van der Waals surface area contributed by atoms with Crippen LogP contribution >= 0.6 is 0 Å². The summed E-state index contributed by atoms with van der Waals surface area (Å²) in [6, 6.07) is 33.4. The maximum absolute atomic E-state index is 13.6. The molecule has 0 bridgehead atoms. The topological polar surface area (TPSA) is 203 Å². The smallest absolute Gasteiger partial charge is 0.347 e. The van der Waals surface area contributed by atoms with E-state index in [-0.39, 0.29) is 73.5 Å². The fourth-order valence-electron chi connectivity index (χ4n) is 8.37. The fourth-order valence-corrected chi connectivity index (χ4v) is 8.37. The number of hydrogen-bond acceptors (Lipinski definition) is 14. The van der Waals surface area contributed by atoms with Crippen molar-refractivity contribution in [1.29, 1.82) is 0 Å². The molecule has 66 heavy (non-hydrogen) atoms. The molecule has 3 fully saturated rings. The molecule has 4 aromatic carbocycles. The van der Waals surface area contributed by atoms with Crippen molar-refractivity contribution in [3.63, 3.8) is 0 Å². The van der Waals surface area contributed by atoms with Crippen molar-refractivity contribution >= 4 is 33.7 Å². The van der Waals surface area contributed by atoms with Crippen molar-refractivity contribution < 1.29 is 58.1 Å². The van der Waals surface area contributed by atoms with Gasteiger partial charge in [0.05, 0.1) is 63.4 Å². The highest BCUT2D eigenvalue weighted by Crippen LogP contribution is 2.34. The van der Waals surface area contributed by atoms with Gasteiger partial charge in [0, 0.05) is 10.8 Å². The molecule has 0 aliphatic carbocycles. The highest BCUT2D eigenvalue weighted by molar-refractivity contribution is 6.00. The Morgan fingerprint density at radius 2 is 1.11 bits per heavy atom. The van der Waals surface area contributed by atoms with Gasteiger partial charge in [-0.25, -0.2) is 9.59 Å². The number of rotatable bonds is 10. The number of nitrogens with zero attached hydrogens (tertiary/aromatic N) is 2. The first-order chi connectivity index (χ1) is 32.1. The van der Waals surface area contributed by atoms with Crippen molar-refractivity contribution in [3.8, 4) is 11.5 Å². The quantitative estimate of drug-likeness (QED) is 0.159. The number of carbonyl (C=O) groups is 2. The molecule has 0 saturated carbocycles. The molecule has 10 rings (SSSR count). The second-order valence-electron chi connectivity index (χ2n) is 15.8. The standard InChI is InChI=1S/C25H23NO6.C19H17NO4.C6H10O4/c1-2-29-25(28)21-22(32-20-15-31-19-12-13-30-23(19)20)17-10-6-7-11-18(17)26(24(21)27)14-16-8-4-3-5-9-16;1-2-24-19(23)16-17(21)14-10-6-7-11-15(14)20(18(16)22)12-13-8-4-3-5-9-13;7-3-1-9-6-4(8)2-10-5(3)6/h3-13,19-20,23H,2,14-15H2,1H3;3-11,21H,2,12H2,1H3;3-8H,1-2H2/t19-,20?,23+;;3-,4?,5+,6+/m1.0/s1. The number of aliphatic hydroxyl groups excluding tert-OH is 2. The van der Waals surface area contributed by atoms with Crippen LogP contribution in [0.15, 0.2) is 131 Å². The second-order valence-corrected chi connectivity index (χ2v) is 15.8. The number of carbonyl (C=O) groups excluding carboxylic acids is 2. The fraction of sp³-hybridized carbons (Fsp3) is 0.320. The van der Waals surface area contributed by atoms with E-state index >= 15 is 0 Å². The van der Waals surface area contributed by atoms with Gasteiger partial charge in [0.15, 0.2) is 23.3 Å². The average molecular weight is 903 g/mol. The summed E-state index contributed by atoms with van der Waals surface area (Å²) in [6.07, 6.45) is 0.736. The van der Waals surface area contributed by atoms with Crippen molar-refractivity contribution in [2.45, 2.75) is 69.7 Å². The van der Waals surface area contributed by atoms with E-state index in [0.29, 0.717) is 41.5 Å². The minimum Gasteiger partial charge on any atom is -0.506 e. The van der Waals surface area contributed by atoms with E-state index in [1.165, 1.54) is 4.57 Å². The first kappa shape index (κ1) is 45.7. The largest absolute Gasteiger partial charge is 0.506 e. The molecule has 3 N–H and O–H groups in total. The Balaban J connectivity index is 0.000000152. The van der Waals surface area contributed by atoms with Crippen LogP contribution in [0.25, 0.3) is 21.8 Å². The summed E-state index contributed by atoms with van der Waals surface area (Å²) in [5.41, 5.74) is 1.64. The first-order valence-electron chi connectivity index (χ1n) is 21.7. The maximum atomic E-state index is 13.6. The Kier molecular flexibility index (Phi) is 14.3. The van der Waals surface area contributed by atoms with Crippen LogP contribution in [0.5, 0.6) is 11.5 Å². The molecule has 6 aromatic rings. The van der Waals surface area contributed by atoms with E-state index in [1.807, 2.05) is 91.0 Å². The molecule has 6 heterocycles. The summed E-state index contributed by atoms with van der Waals surface area (Å²) in [7, 11) is 0. The van der Waals surface area contributed by atoms with Crippen LogP contribution in [0.3, 0.4) is 0 Å². The summed E-state index contributed by atoms with van der Waals surface area (Å²) in [5.74, 6) is -1.65. The number of aromatic nitrogens is 2. The number of para-hydroxylation sites is 2. The Morgan fingerprint density at radius 3 is 1.67 bits per heavy atom. The van der Waals surface area contributed by atoms with E-state index in [9.17, 15) is 24.3 Å². The third-order valence-corrected chi connectivity index (χ3v) is 11.5. The highest BCUT2D eigenvalue weighted by Gasteiger charge is 2.46. The summed E-state index contributed by atoms with van der Waals surface area (Å²) in [6.45, 7) is 5.11. The van der Waals surface area contributed by atoms with E-state index in [2.05, 4.69) is 0 Å². The van der Waals surface area contributed by atoms with Gasteiger partial charge in [-0.2, -0.15) is 0 Å². The zero-order valence-electron chi connectivity index (χ0n) is 36.3. The van der Waals surface area contributed by atoms with Gasteiger partial charge in [0.25, 0.3) is 11.1 Å². The van der Waals surface area contributed by atoms with Gasteiger partial charge in [-0.15, -0.1) is 0 Å². The maximum Gasteiger partial charge on any atom is 0.347 e. The van der Waals surface area contributed by atoms with Crippen LogP contribution in [0.4, 0.5) is 0 Å². The monoisotopic (exact) mass is 902 g/mol. The first-order valence-corrected chi connectivity index (χ1v) is 21.7. The highest BCUT2D eigenvalue weighted by atomic mass is 16.6. The molecular formula is C50H50N2O14. The summed E-state index contributed by atoms with van der Waals surface area (Å²) in [4.78, 5) is 51.5. The molecule has 3 saturated heterocycles. The molecule has 7 atom stereocenters. The lowest BCUT2D eigenvalue weighted by Crippen LogP contribution is -2.35. The molecule has 344 valence electrons. The number of fused-ring (bicyclic) bond motifs is 4. The number of pyridine rings is 2. The summed E-state index contributed by atoms with van der Waals surface area (Å²) >= 11 is 0. The third kappa shape index (κ3) is 9.45. The third-order valence-electron chi connectivity index (χ3n) is 11.5. The summed E-state index contributed by atoms with van der Waals surface area (Å²) in [5, 5.41) is 29.8. The number of benzene rings is 4. The molecule has 16 nitrogen and oxygen atoms in total. The van der Waals surface area contributed by atoms with Gasteiger partial charge in [-0.1, -0.05) is 84.9 Å². The minimum absolute atomic E-state index is 0.115. The predicted octanol–water partition coefficient (Wildman–Crippen LogP) is 4.72. The van der Waals surface area contributed by atoms with E-state index in [0.717, 1.165) is 11.1 Å². The zero-order chi connectivity index (χ0) is 46.3. The minimum atomic E-state index is -0.812. The Bertz CT molecular complexity index is 2810. The molecule has 2 unspecified atom stereocenters. The van der Waals surface area contributed by atoms with Crippen LogP contribution < -0.4 is 15.9 Å². The van der Waals surface area contributed by atoms with Gasteiger partial charge < -0.3 is 57.6 Å². The van der Waals surface area contributed by atoms with E-state index in [4.69, 9.17) is 43.4 Å². The van der Waals surface area contributed by atoms with Gasteiger partial charge in [0.1, 0.15) is 42.0 Å².